The molecule has 6 nitrogen and oxygen atoms in total. The Morgan fingerprint density at radius 3 is 2.88 bits per heavy atom. The minimum atomic E-state index is -0.290. The van der Waals surface area contributed by atoms with Crippen molar-refractivity contribution >= 4 is 33.1 Å². The largest absolute Gasteiger partial charge is 0.324 e. The topological polar surface area (TPSA) is 76.9 Å². The molecule has 1 aliphatic rings. The summed E-state index contributed by atoms with van der Waals surface area (Å²) in [7, 11) is 0. The lowest BCUT2D eigenvalue weighted by Crippen LogP contribution is -2.30. The van der Waals surface area contributed by atoms with Gasteiger partial charge in [-0.1, -0.05) is 29.8 Å². The van der Waals surface area contributed by atoms with E-state index in [0.717, 1.165) is 35.1 Å². The fourth-order valence-corrected chi connectivity index (χ4v) is 4.69. The maximum atomic E-state index is 12.9. The van der Waals surface area contributed by atoms with E-state index in [4.69, 9.17) is 0 Å². The number of carbonyl (C=O) groups excluding carboxylic acids is 1. The van der Waals surface area contributed by atoms with Gasteiger partial charge in [0.15, 0.2) is 4.83 Å². The molecule has 7 heteroatoms. The Hall–Kier alpha value is -2.54. The lowest BCUT2D eigenvalue weighted by atomic mass is 9.89. The highest BCUT2D eigenvalue weighted by atomic mass is 32.1. The molecule has 2 aromatic heterocycles. The van der Waals surface area contributed by atoms with Crippen molar-refractivity contribution < 1.29 is 4.79 Å². The second kappa shape index (κ2) is 6.64. The highest BCUT2D eigenvalue weighted by molar-refractivity contribution is 7.18. The van der Waals surface area contributed by atoms with Crippen molar-refractivity contribution in [3.8, 4) is 0 Å². The van der Waals surface area contributed by atoms with Crippen molar-refractivity contribution in [1.29, 1.82) is 0 Å². The molecule has 0 fully saturated rings. The van der Waals surface area contributed by atoms with Crippen LogP contribution >= 0.6 is 11.3 Å². The normalized spacial score (nSPS) is 16.5. The Bertz CT molecular complexity index is 1040. The summed E-state index contributed by atoms with van der Waals surface area (Å²) in [5.41, 5.74) is 2.70. The zero-order valence-corrected chi connectivity index (χ0v) is 15.6. The summed E-state index contributed by atoms with van der Waals surface area (Å²) in [5.74, 6) is 0.341. The molecule has 1 unspecified atom stereocenters. The number of nitrogens with one attached hydrogen (secondary N) is 1. The number of thiophene rings is 1. The minimum absolute atomic E-state index is 0.142. The number of aromatic nitrogens is 3. The standard InChI is InChI=1S/C19H20N4O2S/c1-11-3-6-13(7-4-11)20-16(24)10-23-19(25)17-14-8-5-12(2)9-15(14)26-18(17)21-22-23/h3-4,6-7,12H,5,8-10H2,1-2H3,(H,20,24). The second-order valence-electron chi connectivity index (χ2n) is 7.00. The van der Waals surface area contributed by atoms with Crippen LogP contribution in [0.2, 0.25) is 0 Å². The summed E-state index contributed by atoms with van der Waals surface area (Å²) in [6.45, 7) is 4.07. The predicted octanol–water partition coefficient (Wildman–Crippen LogP) is 2.92. The van der Waals surface area contributed by atoms with Gasteiger partial charge in [-0.15, -0.1) is 16.4 Å². The minimum Gasteiger partial charge on any atom is -0.324 e. The first-order valence-electron chi connectivity index (χ1n) is 8.76. The molecule has 1 N–H and O–H groups in total. The van der Waals surface area contributed by atoms with Crippen LogP contribution < -0.4 is 10.9 Å². The first-order valence-corrected chi connectivity index (χ1v) is 9.57. The van der Waals surface area contributed by atoms with Crippen LogP contribution in [0.5, 0.6) is 0 Å². The Labute approximate surface area is 154 Å². The van der Waals surface area contributed by atoms with Crippen LogP contribution in [-0.2, 0) is 24.2 Å². The van der Waals surface area contributed by atoms with Gasteiger partial charge in [-0.25, -0.2) is 4.68 Å². The van der Waals surface area contributed by atoms with Crippen molar-refractivity contribution in [2.75, 3.05) is 5.32 Å². The molecule has 134 valence electrons. The number of anilines is 1. The third-order valence-electron chi connectivity index (χ3n) is 4.81. The molecule has 0 saturated heterocycles. The Kier molecular flexibility index (Phi) is 4.32. The molecular weight excluding hydrogens is 348 g/mol. The molecule has 0 spiro atoms. The molecular formula is C19H20N4O2S. The van der Waals surface area contributed by atoms with Gasteiger partial charge >= 0.3 is 0 Å². The third kappa shape index (κ3) is 3.14. The Morgan fingerprint density at radius 2 is 2.12 bits per heavy atom. The predicted molar refractivity (Wildman–Crippen MR) is 103 cm³/mol. The zero-order chi connectivity index (χ0) is 18.3. The quantitative estimate of drug-likeness (QED) is 0.771. The lowest BCUT2D eigenvalue weighted by molar-refractivity contribution is -0.117. The molecule has 4 rings (SSSR count). The number of hydrogen-bond acceptors (Lipinski definition) is 5. The van der Waals surface area contributed by atoms with Crippen molar-refractivity contribution in [2.24, 2.45) is 5.92 Å². The van der Waals surface area contributed by atoms with E-state index in [1.807, 2.05) is 31.2 Å². The van der Waals surface area contributed by atoms with E-state index < -0.39 is 0 Å². The van der Waals surface area contributed by atoms with Gasteiger partial charge in [-0.3, -0.25) is 9.59 Å². The van der Waals surface area contributed by atoms with Crippen molar-refractivity contribution in [2.45, 2.75) is 39.7 Å². The van der Waals surface area contributed by atoms with Crippen LogP contribution in [0.1, 0.15) is 29.3 Å². The summed E-state index contributed by atoms with van der Waals surface area (Å²) in [6, 6.07) is 7.52. The number of amides is 1. The van der Waals surface area contributed by atoms with Gasteiger partial charge in [0.1, 0.15) is 6.54 Å². The fourth-order valence-electron chi connectivity index (χ4n) is 3.37. The number of nitrogens with zero attached hydrogens (tertiary/aromatic N) is 3. The Morgan fingerprint density at radius 1 is 1.35 bits per heavy atom. The SMILES string of the molecule is Cc1ccc(NC(=O)Cn2nnc3sc4c(c3c2=O)CCC(C)C4)cc1. The van der Waals surface area contributed by atoms with Gasteiger partial charge in [-0.2, -0.15) is 0 Å². The van der Waals surface area contributed by atoms with E-state index in [0.29, 0.717) is 21.8 Å². The smallest absolute Gasteiger partial charge is 0.279 e. The number of fused-ring (bicyclic) bond motifs is 3. The maximum absolute atomic E-state index is 12.9. The van der Waals surface area contributed by atoms with Gasteiger partial charge in [0.25, 0.3) is 5.56 Å². The molecule has 2 heterocycles. The van der Waals surface area contributed by atoms with E-state index in [-0.39, 0.29) is 18.0 Å². The average molecular weight is 368 g/mol. The molecule has 1 aromatic carbocycles. The Balaban J connectivity index is 1.61. The molecule has 1 atom stereocenters. The molecule has 0 saturated carbocycles. The van der Waals surface area contributed by atoms with Gasteiger partial charge in [-0.05, 0) is 49.8 Å². The van der Waals surface area contributed by atoms with E-state index in [1.54, 1.807) is 11.3 Å². The van der Waals surface area contributed by atoms with E-state index in [9.17, 15) is 9.59 Å². The monoisotopic (exact) mass is 368 g/mol. The van der Waals surface area contributed by atoms with E-state index in [1.165, 1.54) is 4.88 Å². The van der Waals surface area contributed by atoms with Crippen molar-refractivity contribution in [1.82, 2.24) is 15.0 Å². The van der Waals surface area contributed by atoms with E-state index in [2.05, 4.69) is 22.6 Å². The van der Waals surface area contributed by atoms with Crippen molar-refractivity contribution in [3.63, 3.8) is 0 Å². The summed E-state index contributed by atoms with van der Waals surface area (Å²) >= 11 is 1.56. The molecule has 0 radical (unpaired) electrons. The maximum Gasteiger partial charge on any atom is 0.279 e. The van der Waals surface area contributed by atoms with E-state index >= 15 is 0 Å². The highest BCUT2D eigenvalue weighted by Crippen LogP contribution is 2.35. The second-order valence-corrected chi connectivity index (χ2v) is 8.08. The van der Waals surface area contributed by atoms with Gasteiger partial charge in [0.2, 0.25) is 5.91 Å². The molecule has 26 heavy (non-hydrogen) atoms. The van der Waals surface area contributed by atoms with Crippen LogP contribution in [0.25, 0.3) is 10.2 Å². The number of aryl methyl sites for hydroxylation is 2. The first kappa shape index (κ1) is 16.9. The number of benzene rings is 1. The number of rotatable bonds is 3. The number of hydrogen-bond donors (Lipinski definition) is 1. The van der Waals surface area contributed by atoms with Gasteiger partial charge in [0.05, 0.1) is 5.39 Å². The average Bonchev–Trinajstić information content (AvgIpc) is 2.97. The van der Waals surface area contributed by atoms with Gasteiger partial charge in [0, 0.05) is 10.6 Å². The van der Waals surface area contributed by atoms with Crippen LogP contribution in [0.15, 0.2) is 29.1 Å². The van der Waals surface area contributed by atoms with Gasteiger partial charge < -0.3 is 5.32 Å². The van der Waals surface area contributed by atoms with Crippen LogP contribution in [-0.4, -0.2) is 20.9 Å². The fraction of sp³-hybridized carbons (Fsp3) is 0.368. The zero-order valence-electron chi connectivity index (χ0n) is 14.8. The highest BCUT2D eigenvalue weighted by Gasteiger charge is 2.24. The summed E-state index contributed by atoms with van der Waals surface area (Å²) in [4.78, 5) is 27.1. The summed E-state index contributed by atoms with van der Waals surface area (Å²) in [5, 5.41) is 11.6. The summed E-state index contributed by atoms with van der Waals surface area (Å²) in [6.07, 6.45) is 2.96. The molecule has 0 bridgehead atoms. The molecule has 1 amide bonds. The van der Waals surface area contributed by atoms with Crippen LogP contribution in [0.3, 0.4) is 0 Å². The molecule has 1 aliphatic carbocycles. The number of carbonyl (C=O) groups is 1. The molecule has 0 aliphatic heterocycles. The third-order valence-corrected chi connectivity index (χ3v) is 5.95. The summed E-state index contributed by atoms with van der Waals surface area (Å²) < 4.78 is 1.16. The van der Waals surface area contributed by atoms with Crippen molar-refractivity contribution in [3.05, 3.63) is 50.6 Å². The molecule has 3 aromatic rings. The van der Waals surface area contributed by atoms with Crippen LogP contribution in [0.4, 0.5) is 5.69 Å². The van der Waals surface area contributed by atoms with Crippen LogP contribution in [0, 0.1) is 12.8 Å². The first-order chi connectivity index (χ1) is 12.5. The lowest BCUT2D eigenvalue weighted by Gasteiger charge is -2.17.